The van der Waals surface area contributed by atoms with E-state index in [1.54, 1.807) is 31.2 Å². The smallest absolute Gasteiger partial charge is 0.344 e. The molecule has 0 fully saturated rings. The Bertz CT molecular complexity index is 746. The van der Waals surface area contributed by atoms with Gasteiger partial charge in [0.05, 0.1) is 0 Å². The molecule has 0 unspecified atom stereocenters. The van der Waals surface area contributed by atoms with Gasteiger partial charge in [-0.3, -0.25) is 4.79 Å². The molecule has 0 spiro atoms. The van der Waals surface area contributed by atoms with Crippen molar-refractivity contribution in [3.63, 3.8) is 0 Å². The van der Waals surface area contributed by atoms with Gasteiger partial charge in [-0.25, -0.2) is 4.79 Å². The minimum absolute atomic E-state index is 0.257. The summed E-state index contributed by atoms with van der Waals surface area (Å²) in [4.78, 5) is 23.5. The summed E-state index contributed by atoms with van der Waals surface area (Å²) in [6.07, 6.45) is 0. The maximum atomic E-state index is 11.8. The maximum absolute atomic E-state index is 11.8. The molecule has 0 saturated carbocycles. The van der Waals surface area contributed by atoms with Crippen LogP contribution in [0.3, 0.4) is 0 Å². The topological polar surface area (TPSA) is 64.6 Å². The van der Waals surface area contributed by atoms with Crippen LogP contribution in [0.2, 0.25) is 5.02 Å². The minimum Gasteiger partial charge on any atom is -0.482 e. The molecule has 0 aliphatic rings. The first kappa shape index (κ1) is 17.8. The summed E-state index contributed by atoms with van der Waals surface area (Å²) in [5, 5.41) is 3.20. The van der Waals surface area contributed by atoms with E-state index in [9.17, 15) is 9.59 Å². The maximum Gasteiger partial charge on any atom is 0.344 e. The summed E-state index contributed by atoms with van der Waals surface area (Å²) in [6.45, 7) is 3.07. The fourth-order valence-electron chi connectivity index (χ4n) is 1.96. The first-order valence-electron chi connectivity index (χ1n) is 7.36. The summed E-state index contributed by atoms with van der Waals surface area (Å²) in [5.41, 5.74) is 2.36. The summed E-state index contributed by atoms with van der Waals surface area (Å²) < 4.78 is 10.2. The molecule has 5 nitrogen and oxygen atoms in total. The number of anilines is 1. The van der Waals surface area contributed by atoms with Gasteiger partial charge in [0, 0.05) is 10.7 Å². The molecule has 1 N–H and O–H groups in total. The van der Waals surface area contributed by atoms with Gasteiger partial charge in [-0.05, 0) is 49.2 Å². The lowest BCUT2D eigenvalue weighted by Gasteiger charge is -2.10. The number of esters is 1. The zero-order valence-electron chi connectivity index (χ0n) is 13.5. The highest BCUT2D eigenvalue weighted by Crippen LogP contribution is 2.22. The summed E-state index contributed by atoms with van der Waals surface area (Å²) >= 11 is 5.98. The van der Waals surface area contributed by atoms with Crippen molar-refractivity contribution >= 4 is 29.2 Å². The summed E-state index contributed by atoms with van der Waals surface area (Å²) in [7, 11) is 0. The van der Waals surface area contributed by atoms with Crippen LogP contribution in [0, 0.1) is 13.8 Å². The van der Waals surface area contributed by atoms with Crippen molar-refractivity contribution in [3.8, 4) is 5.75 Å². The van der Waals surface area contributed by atoms with Crippen molar-refractivity contribution in [1.29, 1.82) is 0 Å². The number of aryl methyl sites for hydroxylation is 1. The van der Waals surface area contributed by atoms with Gasteiger partial charge in [0.15, 0.2) is 13.2 Å². The van der Waals surface area contributed by atoms with Crippen molar-refractivity contribution in [2.24, 2.45) is 0 Å². The van der Waals surface area contributed by atoms with E-state index < -0.39 is 11.9 Å². The minimum atomic E-state index is -0.616. The quantitative estimate of drug-likeness (QED) is 0.812. The molecule has 6 heteroatoms. The Balaban J connectivity index is 1.77. The van der Waals surface area contributed by atoms with Gasteiger partial charge in [0.25, 0.3) is 5.91 Å². The molecule has 0 heterocycles. The molecule has 0 atom stereocenters. The lowest BCUT2D eigenvalue weighted by molar-refractivity contribution is -0.149. The SMILES string of the molecule is Cc1cccc(OCC(=O)OCC(=O)Nc2cccc(Cl)c2C)c1. The van der Waals surface area contributed by atoms with E-state index in [1.165, 1.54) is 0 Å². The van der Waals surface area contributed by atoms with E-state index in [0.717, 1.165) is 11.1 Å². The average molecular weight is 348 g/mol. The fourth-order valence-corrected chi connectivity index (χ4v) is 2.14. The third-order valence-corrected chi connectivity index (χ3v) is 3.66. The van der Waals surface area contributed by atoms with Crippen LogP contribution in [0.15, 0.2) is 42.5 Å². The van der Waals surface area contributed by atoms with Crippen LogP contribution in [0.25, 0.3) is 0 Å². The molecule has 2 aromatic carbocycles. The molecule has 0 aliphatic heterocycles. The first-order valence-corrected chi connectivity index (χ1v) is 7.73. The number of benzene rings is 2. The van der Waals surface area contributed by atoms with E-state index in [0.29, 0.717) is 16.5 Å². The lowest BCUT2D eigenvalue weighted by Crippen LogP contribution is -2.24. The van der Waals surface area contributed by atoms with E-state index in [1.807, 2.05) is 25.1 Å². The standard InChI is InChI=1S/C18H18ClNO4/c1-12-5-3-6-14(9-12)23-11-18(22)24-10-17(21)20-16-8-4-7-15(19)13(16)2/h3-9H,10-11H2,1-2H3,(H,20,21). The number of hydrogen-bond acceptors (Lipinski definition) is 4. The number of halogens is 1. The summed E-state index contributed by atoms with van der Waals surface area (Å²) in [5.74, 6) is -0.482. The molecular formula is C18H18ClNO4. The largest absolute Gasteiger partial charge is 0.482 e. The molecule has 0 bridgehead atoms. The van der Waals surface area contributed by atoms with E-state index in [-0.39, 0.29) is 13.2 Å². The number of nitrogens with one attached hydrogen (secondary N) is 1. The highest BCUT2D eigenvalue weighted by atomic mass is 35.5. The average Bonchev–Trinajstić information content (AvgIpc) is 2.55. The van der Waals surface area contributed by atoms with Gasteiger partial charge in [0.1, 0.15) is 5.75 Å². The highest BCUT2D eigenvalue weighted by Gasteiger charge is 2.10. The number of carbonyl (C=O) groups excluding carboxylic acids is 2. The van der Waals surface area contributed by atoms with Crippen molar-refractivity contribution < 1.29 is 19.1 Å². The Morgan fingerprint density at radius 2 is 1.83 bits per heavy atom. The molecule has 24 heavy (non-hydrogen) atoms. The Morgan fingerprint density at radius 3 is 2.58 bits per heavy atom. The zero-order chi connectivity index (χ0) is 17.5. The number of hydrogen-bond donors (Lipinski definition) is 1. The van der Waals surface area contributed by atoms with Crippen molar-refractivity contribution in [2.45, 2.75) is 13.8 Å². The van der Waals surface area contributed by atoms with Crippen LogP contribution >= 0.6 is 11.6 Å². The number of rotatable bonds is 6. The van der Waals surface area contributed by atoms with Crippen LogP contribution in [0.5, 0.6) is 5.75 Å². The highest BCUT2D eigenvalue weighted by molar-refractivity contribution is 6.31. The molecule has 126 valence electrons. The van der Waals surface area contributed by atoms with Crippen molar-refractivity contribution in [2.75, 3.05) is 18.5 Å². The van der Waals surface area contributed by atoms with Gasteiger partial charge in [-0.15, -0.1) is 0 Å². The predicted octanol–water partition coefficient (Wildman–Crippen LogP) is 3.52. The number of amides is 1. The fraction of sp³-hybridized carbons (Fsp3) is 0.222. The van der Waals surface area contributed by atoms with Gasteiger partial charge in [-0.2, -0.15) is 0 Å². The second kappa shape index (κ2) is 8.36. The first-order chi connectivity index (χ1) is 11.5. The van der Waals surface area contributed by atoms with Crippen LogP contribution in [0.4, 0.5) is 5.69 Å². The van der Waals surface area contributed by atoms with Crippen LogP contribution in [-0.4, -0.2) is 25.1 Å². The van der Waals surface area contributed by atoms with E-state index >= 15 is 0 Å². The Labute approximate surface area is 145 Å². The molecule has 0 aromatic heterocycles. The van der Waals surface area contributed by atoms with Gasteiger partial charge >= 0.3 is 5.97 Å². The van der Waals surface area contributed by atoms with Gasteiger partial charge in [0.2, 0.25) is 0 Å². The normalized spacial score (nSPS) is 10.1. The van der Waals surface area contributed by atoms with Gasteiger partial charge in [-0.1, -0.05) is 29.8 Å². The summed E-state index contributed by atoms with van der Waals surface area (Å²) in [6, 6.07) is 12.5. The molecule has 0 radical (unpaired) electrons. The molecule has 2 rings (SSSR count). The molecule has 0 aliphatic carbocycles. The van der Waals surface area contributed by atoms with Crippen molar-refractivity contribution in [1.82, 2.24) is 0 Å². The predicted molar refractivity (Wildman–Crippen MR) is 92.5 cm³/mol. The lowest BCUT2D eigenvalue weighted by atomic mass is 10.2. The third kappa shape index (κ3) is 5.28. The monoisotopic (exact) mass is 347 g/mol. The van der Waals surface area contributed by atoms with E-state index in [2.05, 4.69) is 5.32 Å². The Hall–Kier alpha value is -2.53. The van der Waals surface area contributed by atoms with Crippen molar-refractivity contribution in [3.05, 3.63) is 58.6 Å². The Kier molecular flexibility index (Phi) is 6.21. The van der Waals surface area contributed by atoms with Gasteiger partial charge < -0.3 is 14.8 Å². The van der Waals surface area contributed by atoms with Crippen LogP contribution < -0.4 is 10.1 Å². The molecular weight excluding hydrogens is 330 g/mol. The molecule has 0 saturated heterocycles. The second-order valence-corrected chi connectivity index (χ2v) is 5.63. The van der Waals surface area contributed by atoms with Crippen LogP contribution in [0.1, 0.15) is 11.1 Å². The Morgan fingerprint density at radius 1 is 1.08 bits per heavy atom. The van der Waals surface area contributed by atoms with E-state index in [4.69, 9.17) is 21.1 Å². The number of ether oxygens (including phenoxy) is 2. The molecule has 2 aromatic rings. The number of carbonyl (C=O) groups is 2. The molecule has 1 amide bonds. The van der Waals surface area contributed by atoms with Crippen LogP contribution in [-0.2, 0) is 14.3 Å². The second-order valence-electron chi connectivity index (χ2n) is 5.23. The third-order valence-electron chi connectivity index (χ3n) is 3.25. The zero-order valence-corrected chi connectivity index (χ0v) is 14.2.